The van der Waals surface area contributed by atoms with Crippen LogP contribution in [0.5, 0.6) is 0 Å². The average Bonchev–Trinajstić information content (AvgIpc) is 1.86. The van der Waals surface area contributed by atoms with E-state index in [1.165, 1.54) is 0 Å². The summed E-state index contributed by atoms with van der Waals surface area (Å²) in [6, 6.07) is 0. The summed E-state index contributed by atoms with van der Waals surface area (Å²) < 4.78 is 0. The second-order valence-corrected chi connectivity index (χ2v) is 2.23. The maximum absolute atomic E-state index is 10.5. The van der Waals surface area contributed by atoms with Crippen molar-refractivity contribution in [1.29, 1.82) is 0 Å². The summed E-state index contributed by atoms with van der Waals surface area (Å²) in [5.41, 5.74) is 4.11. The van der Waals surface area contributed by atoms with Crippen LogP contribution in [-0.2, 0) is 4.79 Å². The molecule has 0 spiro atoms. The first-order valence-electron chi connectivity index (χ1n) is 2.78. The third-order valence-corrected chi connectivity index (χ3v) is 1.53. The molecule has 0 saturated carbocycles. The Labute approximate surface area is 54.9 Å². The lowest BCUT2D eigenvalue weighted by Gasteiger charge is -2.19. The van der Waals surface area contributed by atoms with Crippen LogP contribution in [-0.4, -0.2) is 17.6 Å². The Morgan fingerprint density at radius 3 is 2.33 bits per heavy atom. The summed E-state index contributed by atoms with van der Waals surface area (Å²) in [4.78, 5) is 10.5. The van der Waals surface area contributed by atoms with E-state index in [9.17, 15) is 4.79 Å². The van der Waals surface area contributed by atoms with Gasteiger partial charge in [-0.2, -0.15) is 0 Å². The van der Waals surface area contributed by atoms with Gasteiger partial charge < -0.3 is 10.8 Å². The van der Waals surface area contributed by atoms with Crippen LogP contribution in [0.4, 0.5) is 0 Å². The van der Waals surface area contributed by atoms with Gasteiger partial charge in [0.2, 0.25) is 5.91 Å². The highest BCUT2D eigenvalue weighted by Gasteiger charge is 2.27. The van der Waals surface area contributed by atoms with Crippen LogP contribution in [0.1, 0.15) is 13.8 Å². The zero-order chi connectivity index (χ0) is 7.49. The lowest BCUT2D eigenvalue weighted by Crippen LogP contribution is -2.37. The van der Waals surface area contributed by atoms with Crippen molar-refractivity contribution in [1.82, 2.24) is 0 Å². The molecule has 53 valence electrons. The minimum atomic E-state index is -0.847. The molecule has 1 atom stereocenters. The normalized spacial score (nSPS) is 16.8. The van der Waals surface area contributed by atoms with Gasteiger partial charge in [0.05, 0.1) is 12.0 Å². The highest BCUT2D eigenvalue weighted by atomic mass is 16.3. The van der Waals surface area contributed by atoms with Gasteiger partial charge in [0.25, 0.3) is 0 Å². The molecule has 1 radical (unpaired) electrons. The zero-order valence-corrected chi connectivity index (χ0v) is 5.72. The van der Waals surface area contributed by atoms with E-state index in [1.807, 2.05) is 0 Å². The van der Waals surface area contributed by atoms with Gasteiger partial charge in [-0.1, -0.05) is 6.92 Å². The number of carbonyl (C=O) groups excluding carboxylic acids is 1. The van der Waals surface area contributed by atoms with Crippen molar-refractivity contribution in [3.8, 4) is 0 Å². The Morgan fingerprint density at radius 2 is 2.33 bits per heavy atom. The van der Waals surface area contributed by atoms with Gasteiger partial charge in [0.1, 0.15) is 0 Å². The number of hydrogen-bond acceptors (Lipinski definition) is 2. The van der Waals surface area contributed by atoms with E-state index in [0.29, 0.717) is 0 Å². The van der Waals surface area contributed by atoms with E-state index in [4.69, 9.17) is 10.8 Å². The van der Waals surface area contributed by atoms with Gasteiger partial charge in [-0.15, -0.1) is 0 Å². The molecule has 3 N–H and O–H groups in total. The first-order chi connectivity index (χ1) is 4.06. The van der Waals surface area contributed by atoms with Gasteiger partial charge in [0.15, 0.2) is 0 Å². The standard InChI is InChI=1S/C6H12NO2/c1-3-6(2,4-8)5(7)9/h3,8H,4H2,1-2H3,(H2,7,9)/t6-/m0/s1. The number of aliphatic hydroxyl groups excluding tert-OH is 1. The van der Waals surface area contributed by atoms with Crippen LogP contribution in [0.25, 0.3) is 0 Å². The average molecular weight is 130 g/mol. The summed E-state index contributed by atoms with van der Waals surface area (Å²) in [6.07, 6.45) is 1.59. The van der Waals surface area contributed by atoms with Crippen LogP contribution >= 0.6 is 0 Å². The number of aliphatic hydroxyl groups is 1. The predicted molar refractivity (Wildman–Crippen MR) is 34.4 cm³/mol. The van der Waals surface area contributed by atoms with E-state index in [-0.39, 0.29) is 6.61 Å². The zero-order valence-electron chi connectivity index (χ0n) is 5.72. The molecule has 0 fully saturated rings. The Kier molecular flexibility index (Phi) is 2.65. The second kappa shape index (κ2) is 2.82. The van der Waals surface area contributed by atoms with Crippen LogP contribution in [0, 0.1) is 11.8 Å². The third kappa shape index (κ3) is 1.68. The molecule has 0 saturated heterocycles. The van der Waals surface area contributed by atoms with E-state index < -0.39 is 11.3 Å². The second-order valence-electron chi connectivity index (χ2n) is 2.23. The smallest absolute Gasteiger partial charge is 0.225 e. The number of amides is 1. The SMILES string of the molecule is C[CH][C@@](C)(CO)C(N)=O. The Balaban J connectivity index is 4.09. The van der Waals surface area contributed by atoms with Crippen molar-refractivity contribution in [2.75, 3.05) is 6.61 Å². The molecule has 3 heteroatoms. The maximum atomic E-state index is 10.5. The van der Waals surface area contributed by atoms with Crippen LogP contribution in [0.15, 0.2) is 0 Å². The number of hydrogen-bond donors (Lipinski definition) is 2. The molecule has 0 rings (SSSR count). The molecule has 9 heavy (non-hydrogen) atoms. The highest BCUT2D eigenvalue weighted by molar-refractivity contribution is 5.81. The lowest BCUT2D eigenvalue weighted by molar-refractivity contribution is -0.126. The molecular weight excluding hydrogens is 118 g/mol. The highest BCUT2D eigenvalue weighted by Crippen LogP contribution is 2.17. The Morgan fingerprint density at radius 1 is 1.89 bits per heavy atom. The minimum absolute atomic E-state index is 0.223. The Bertz CT molecular complexity index is 108. The first-order valence-corrected chi connectivity index (χ1v) is 2.78. The summed E-state index contributed by atoms with van der Waals surface area (Å²) in [5.74, 6) is -0.493. The van der Waals surface area contributed by atoms with Crippen molar-refractivity contribution in [2.24, 2.45) is 11.1 Å². The third-order valence-electron chi connectivity index (χ3n) is 1.53. The minimum Gasteiger partial charge on any atom is -0.395 e. The van der Waals surface area contributed by atoms with Crippen LogP contribution < -0.4 is 5.73 Å². The van der Waals surface area contributed by atoms with Crippen molar-refractivity contribution in [3.63, 3.8) is 0 Å². The van der Waals surface area contributed by atoms with E-state index in [1.54, 1.807) is 20.3 Å². The molecule has 0 bridgehead atoms. The molecule has 3 nitrogen and oxygen atoms in total. The molecule has 0 heterocycles. The quantitative estimate of drug-likeness (QED) is 0.550. The van der Waals surface area contributed by atoms with E-state index in [0.717, 1.165) is 0 Å². The van der Waals surface area contributed by atoms with Crippen LogP contribution in [0.2, 0.25) is 0 Å². The van der Waals surface area contributed by atoms with Gasteiger partial charge >= 0.3 is 0 Å². The van der Waals surface area contributed by atoms with Crippen molar-refractivity contribution >= 4 is 5.91 Å². The van der Waals surface area contributed by atoms with Crippen LogP contribution in [0.3, 0.4) is 0 Å². The Hall–Kier alpha value is -0.570. The molecule has 0 aliphatic heterocycles. The topological polar surface area (TPSA) is 63.3 Å². The summed E-state index contributed by atoms with van der Waals surface area (Å²) in [5, 5.41) is 8.62. The fourth-order valence-corrected chi connectivity index (χ4v) is 0.311. The number of carbonyl (C=O) groups is 1. The molecule has 0 aromatic heterocycles. The van der Waals surface area contributed by atoms with E-state index in [2.05, 4.69) is 0 Å². The number of primary amides is 1. The fraction of sp³-hybridized carbons (Fsp3) is 0.667. The maximum Gasteiger partial charge on any atom is 0.225 e. The first kappa shape index (κ1) is 8.43. The lowest BCUT2D eigenvalue weighted by atomic mass is 9.88. The molecule has 1 amide bonds. The number of rotatable bonds is 3. The fourth-order valence-electron chi connectivity index (χ4n) is 0.311. The largest absolute Gasteiger partial charge is 0.395 e. The monoisotopic (exact) mass is 130 g/mol. The summed E-state index contributed by atoms with van der Waals surface area (Å²) in [7, 11) is 0. The van der Waals surface area contributed by atoms with Crippen molar-refractivity contribution in [3.05, 3.63) is 6.42 Å². The molecular formula is C6H12NO2. The van der Waals surface area contributed by atoms with Crippen molar-refractivity contribution < 1.29 is 9.90 Å². The van der Waals surface area contributed by atoms with Crippen molar-refractivity contribution in [2.45, 2.75) is 13.8 Å². The summed E-state index contributed by atoms with van der Waals surface area (Å²) in [6.45, 7) is 3.06. The van der Waals surface area contributed by atoms with Gasteiger partial charge in [-0.3, -0.25) is 4.79 Å². The molecule has 0 unspecified atom stereocenters. The molecule has 0 aromatic carbocycles. The predicted octanol–water partition coefficient (Wildman–Crippen LogP) is -0.306. The van der Waals surface area contributed by atoms with Gasteiger partial charge in [-0.25, -0.2) is 0 Å². The van der Waals surface area contributed by atoms with E-state index >= 15 is 0 Å². The summed E-state index contributed by atoms with van der Waals surface area (Å²) >= 11 is 0. The molecule has 0 aliphatic carbocycles. The van der Waals surface area contributed by atoms with Gasteiger partial charge in [-0.05, 0) is 13.3 Å². The number of nitrogens with two attached hydrogens (primary N) is 1. The molecule has 0 aromatic rings. The van der Waals surface area contributed by atoms with Gasteiger partial charge in [0, 0.05) is 0 Å². The molecule has 0 aliphatic rings.